The smallest absolute Gasteiger partial charge is 0.326 e. The maximum absolute atomic E-state index is 11.9. The summed E-state index contributed by atoms with van der Waals surface area (Å²) in [5.41, 5.74) is 1.91. The van der Waals surface area contributed by atoms with Crippen molar-refractivity contribution in [3.05, 3.63) is 29.3 Å². The van der Waals surface area contributed by atoms with E-state index in [4.69, 9.17) is 9.84 Å². The van der Waals surface area contributed by atoms with Crippen LogP contribution in [0.5, 0.6) is 5.75 Å². The first-order valence-electron chi connectivity index (χ1n) is 7.58. The predicted molar refractivity (Wildman–Crippen MR) is 89.9 cm³/mol. The standard InChI is InChI=1S/C16H23NO6S/c1-4-24(21,22)9-8-13(16(19)20)17-15(18)10-23-14-7-5-6-11(2)12(14)3/h5-7,13H,4,8-10H2,1-3H3,(H,17,18)(H,19,20). The van der Waals surface area contributed by atoms with Gasteiger partial charge in [0.15, 0.2) is 6.61 Å². The molecule has 0 aromatic heterocycles. The number of ether oxygens (including phenoxy) is 1. The summed E-state index contributed by atoms with van der Waals surface area (Å²) in [7, 11) is -3.30. The number of rotatable bonds is 9. The van der Waals surface area contributed by atoms with Crippen molar-refractivity contribution in [3.8, 4) is 5.75 Å². The van der Waals surface area contributed by atoms with E-state index in [2.05, 4.69) is 5.32 Å². The third-order valence-corrected chi connectivity index (χ3v) is 5.44. The van der Waals surface area contributed by atoms with Crippen molar-refractivity contribution < 1.29 is 27.9 Å². The number of carboxylic acid groups (broad SMARTS) is 1. The molecule has 7 nitrogen and oxygen atoms in total. The molecule has 0 aliphatic heterocycles. The number of benzene rings is 1. The Hall–Kier alpha value is -2.09. The lowest BCUT2D eigenvalue weighted by Crippen LogP contribution is -2.44. The molecule has 8 heteroatoms. The fourth-order valence-electron chi connectivity index (χ4n) is 1.96. The van der Waals surface area contributed by atoms with Gasteiger partial charge in [-0.15, -0.1) is 0 Å². The van der Waals surface area contributed by atoms with Gasteiger partial charge in [-0.25, -0.2) is 13.2 Å². The van der Waals surface area contributed by atoms with Crippen LogP contribution in [0.1, 0.15) is 24.5 Å². The highest BCUT2D eigenvalue weighted by Gasteiger charge is 2.22. The number of sulfone groups is 1. The van der Waals surface area contributed by atoms with Crippen LogP contribution in [0.4, 0.5) is 0 Å². The minimum Gasteiger partial charge on any atom is -0.483 e. The maximum Gasteiger partial charge on any atom is 0.326 e. The molecule has 0 bridgehead atoms. The van der Waals surface area contributed by atoms with Gasteiger partial charge >= 0.3 is 5.97 Å². The molecule has 0 saturated heterocycles. The summed E-state index contributed by atoms with van der Waals surface area (Å²) in [6.45, 7) is 4.92. The second kappa shape index (κ2) is 8.68. The van der Waals surface area contributed by atoms with Gasteiger partial charge in [0.25, 0.3) is 5.91 Å². The summed E-state index contributed by atoms with van der Waals surface area (Å²) in [5.74, 6) is -1.70. The molecule has 1 rings (SSSR count). The van der Waals surface area contributed by atoms with E-state index >= 15 is 0 Å². The van der Waals surface area contributed by atoms with Crippen molar-refractivity contribution in [2.75, 3.05) is 18.1 Å². The molecule has 0 spiro atoms. The topological polar surface area (TPSA) is 110 Å². The summed E-state index contributed by atoms with van der Waals surface area (Å²) in [6, 6.07) is 4.17. The molecule has 134 valence electrons. The molecule has 0 saturated carbocycles. The van der Waals surface area contributed by atoms with Gasteiger partial charge in [0, 0.05) is 5.75 Å². The van der Waals surface area contributed by atoms with E-state index < -0.39 is 27.8 Å². The highest BCUT2D eigenvalue weighted by atomic mass is 32.2. The maximum atomic E-state index is 11.9. The lowest BCUT2D eigenvalue weighted by molar-refractivity contribution is -0.142. The van der Waals surface area contributed by atoms with Gasteiger partial charge in [0.1, 0.15) is 21.6 Å². The monoisotopic (exact) mass is 357 g/mol. The van der Waals surface area contributed by atoms with Crippen LogP contribution in [-0.4, -0.2) is 49.6 Å². The zero-order chi connectivity index (χ0) is 18.3. The number of hydrogen-bond donors (Lipinski definition) is 2. The van der Waals surface area contributed by atoms with Gasteiger partial charge in [0.2, 0.25) is 0 Å². The van der Waals surface area contributed by atoms with E-state index in [0.717, 1.165) is 11.1 Å². The Morgan fingerprint density at radius 3 is 2.54 bits per heavy atom. The third-order valence-electron chi connectivity index (χ3n) is 3.70. The Bertz CT molecular complexity index is 699. The van der Waals surface area contributed by atoms with E-state index in [1.165, 1.54) is 6.92 Å². The average molecular weight is 357 g/mol. The molecular weight excluding hydrogens is 334 g/mol. The molecule has 24 heavy (non-hydrogen) atoms. The molecule has 1 aromatic carbocycles. The molecule has 1 aromatic rings. The molecule has 2 N–H and O–H groups in total. The Morgan fingerprint density at radius 2 is 1.96 bits per heavy atom. The molecule has 1 amide bonds. The Labute approximate surface area is 141 Å². The van der Waals surface area contributed by atoms with Crippen LogP contribution in [0.15, 0.2) is 18.2 Å². The number of carbonyl (C=O) groups excluding carboxylic acids is 1. The second-order valence-corrected chi connectivity index (χ2v) is 7.94. The first-order chi connectivity index (χ1) is 11.2. The highest BCUT2D eigenvalue weighted by molar-refractivity contribution is 7.91. The van der Waals surface area contributed by atoms with Gasteiger partial charge in [-0.05, 0) is 37.5 Å². The second-order valence-electron chi connectivity index (χ2n) is 5.47. The average Bonchev–Trinajstić information content (AvgIpc) is 2.52. The zero-order valence-corrected chi connectivity index (χ0v) is 14.9. The number of hydrogen-bond acceptors (Lipinski definition) is 5. The van der Waals surface area contributed by atoms with Gasteiger partial charge in [-0.3, -0.25) is 4.79 Å². The van der Waals surface area contributed by atoms with Crippen molar-refractivity contribution in [3.63, 3.8) is 0 Å². The minimum absolute atomic E-state index is 0.0664. The van der Waals surface area contributed by atoms with E-state index in [0.29, 0.717) is 5.75 Å². The van der Waals surface area contributed by atoms with Crippen molar-refractivity contribution in [1.82, 2.24) is 5.32 Å². The van der Waals surface area contributed by atoms with Crippen molar-refractivity contribution in [1.29, 1.82) is 0 Å². The van der Waals surface area contributed by atoms with E-state index in [1.807, 2.05) is 19.9 Å². The highest BCUT2D eigenvalue weighted by Crippen LogP contribution is 2.20. The summed E-state index contributed by atoms with van der Waals surface area (Å²) in [6.07, 6.45) is -0.180. The van der Waals surface area contributed by atoms with Crippen LogP contribution < -0.4 is 10.1 Å². The van der Waals surface area contributed by atoms with E-state index in [1.54, 1.807) is 12.1 Å². The minimum atomic E-state index is -3.30. The van der Waals surface area contributed by atoms with Crippen LogP contribution in [0.25, 0.3) is 0 Å². The molecule has 0 heterocycles. The Morgan fingerprint density at radius 1 is 1.29 bits per heavy atom. The number of aliphatic carboxylic acids is 1. The molecule has 0 aliphatic carbocycles. The Balaban J connectivity index is 2.60. The molecule has 0 aliphatic rings. The SMILES string of the molecule is CCS(=O)(=O)CCC(NC(=O)COc1cccc(C)c1C)C(=O)O. The zero-order valence-electron chi connectivity index (χ0n) is 14.0. The van der Waals surface area contributed by atoms with Gasteiger partial charge in [-0.1, -0.05) is 19.1 Å². The van der Waals surface area contributed by atoms with Crippen LogP contribution in [-0.2, 0) is 19.4 Å². The van der Waals surface area contributed by atoms with Crippen molar-refractivity contribution in [2.45, 2.75) is 33.2 Å². The number of nitrogens with one attached hydrogen (secondary N) is 1. The fraction of sp³-hybridized carbons (Fsp3) is 0.500. The first kappa shape index (κ1) is 20.0. The van der Waals surface area contributed by atoms with E-state index in [-0.39, 0.29) is 24.5 Å². The number of carbonyl (C=O) groups is 2. The number of amides is 1. The molecule has 1 unspecified atom stereocenters. The van der Waals surface area contributed by atoms with Gasteiger partial charge in [-0.2, -0.15) is 0 Å². The molecule has 1 atom stereocenters. The summed E-state index contributed by atoms with van der Waals surface area (Å²) < 4.78 is 28.3. The molecule has 0 fully saturated rings. The van der Waals surface area contributed by atoms with Crippen LogP contribution in [0.2, 0.25) is 0 Å². The lowest BCUT2D eigenvalue weighted by Gasteiger charge is -2.15. The molecule has 0 radical (unpaired) electrons. The van der Waals surface area contributed by atoms with Crippen LogP contribution in [0.3, 0.4) is 0 Å². The van der Waals surface area contributed by atoms with Crippen LogP contribution in [0, 0.1) is 13.8 Å². The quantitative estimate of drug-likeness (QED) is 0.684. The largest absolute Gasteiger partial charge is 0.483 e. The third kappa shape index (κ3) is 6.19. The first-order valence-corrected chi connectivity index (χ1v) is 9.40. The lowest BCUT2D eigenvalue weighted by atomic mass is 10.1. The predicted octanol–water partition coefficient (Wildman–Crippen LogP) is 1.08. The normalized spacial score (nSPS) is 12.5. The van der Waals surface area contributed by atoms with E-state index in [9.17, 15) is 18.0 Å². The number of aryl methyl sites for hydroxylation is 1. The fourth-order valence-corrected chi connectivity index (χ4v) is 2.84. The summed E-state index contributed by atoms with van der Waals surface area (Å²) in [5, 5.41) is 11.4. The number of carboxylic acids is 1. The summed E-state index contributed by atoms with van der Waals surface area (Å²) >= 11 is 0. The molecular formula is C16H23NO6S. The Kier molecular flexibility index (Phi) is 7.21. The van der Waals surface area contributed by atoms with Crippen molar-refractivity contribution >= 4 is 21.7 Å². The van der Waals surface area contributed by atoms with Gasteiger partial charge < -0.3 is 15.2 Å². The van der Waals surface area contributed by atoms with Gasteiger partial charge in [0.05, 0.1) is 5.75 Å². The summed E-state index contributed by atoms with van der Waals surface area (Å²) in [4.78, 5) is 23.0. The van der Waals surface area contributed by atoms with Crippen LogP contribution >= 0.6 is 0 Å². The van der Waals surface area contributed by atoms with Crippen molar-refractivity contribution in [2.24, 2.45) is 0 Å².